The minimum Gasteiger partial charge on any atom is -1.00 e. The fraction of sp³-hybridized carbons (Fsp3) is 0.143. The number of methoxy groups -OCH3 is 1. The Morgan fingerprint density at radius 2 is 1.77 bits per heavy atom. The fourth-order valence-electron chi connectivity index (χ4n) is 2.82. The van der Waals surface area contributed by atoms with Gasteiger partial charge in [-0.3, -0.25) is 4.98 Å². The zero-order valence-electron chi connectivity index (χ0n) is 16.3. The molecule has 0 aliphatic heterocycles. The maximum atomic E-state index is 5.93. The van der Waals surface area contributed by atoms with E-state index >= 15 is 0 Å². The molecule has 0 aliphatic rings. The highest BCUT2D eigenvalue weighted by Crippen LogP contribution is 2.32. The molecule has 0 atom stereocenters. The van der Waals surface area contributed by atoms with Crippen molar-refractivity contribution in [2.75, 3.05) is 7.11 Å². The summed E-state index contributed by atoms with van der Waals surface area (Å²) in [7, 11) is 1.60. The molecule has 4 rings (SSSR count). The number of rotatable bonds is 8. The normalized spacial score (nSPS) is 10.3. The third-order valence-electron chi connectivity index (χ3n) is 4.23. The summed E-state index contributed by atoms with van der Waals surface area (Å²) in [5.41, 5.74) is 2.86. The van der Waals surface area contributed by atoms with Crippen LogP contribution in [0.15, 0.2) is 72.9 Å². The summed E-state index contributed by atoms with van der Waals surface area (Å²) in [5.74, 6) is 1.14. The molecule has 0 fully saturated rings. The highest BCUT2D eigenvalue weighted by atomic mass is 35.5. The Hall–Kier alpha value is -3.49. The lowest BCUT2D eigenvalue weighted by molar-refractivity contribution is -0.00000690. The first-order valence-electron chi connectivity index (χ1n) is 9.12. The molecule has 8 nitrogen and oxygen atoms in total. The summed E-state index contributed by atoms with van der Waals surface area (Å²) in [6.07, 6.45) is 1.79. The molecule has 154 valence electrons. The quantitative estimate of drug-likeness (QED) is 0.431. The van der Waals surface area contributed by atoms with Gasteiger partial charge in [0.25, 0.3) is 0 Å². The Morgan fingerprint density at radius 3 is 2.53 bits per heavy atom. The molecule has 9 heteroatoms. The van der Waals surface area contributed by atoms with Gasteiger partial charge in [0.1, 0.15) is 0 Å². The summed E-state index contributed by atoms with van der Waals surface area (Å²) in [5, 5.41) is 15.1. The number of hydrogen-bond donors (Lipinski definition) is 1. The van der Waals surface area contributed by atoms with Crippen LogP contribution in [-0.4, -0.2) is 32.3 Å². The molecule has 2 aromatic carbocycles. The van der Waals surface area contributed by atoms with Gasteiger partial charge in [-0.1, -0.05) is 35.4 Å². The van der Waals surface area contributed by atoms with Gasteiger partial charge in [-0.15, -0.1) is 0 Å². The van der Waals surface area contributed by atoms with Crippen LogP contribution in [0.25, 0.3) is 5.69 Å². The lowest BCUT2D eigenvalue weighted by atomic mass is 10.2. The molecule has 2 heterocycles. The van der Waals surface area contributed by atoms with Crippen molar-refractivity contribution in [3.63, 3.8) is 0 Å². The van der Waals surface area contributed by atoms with Gasteiger partial charge in [-0.05, 0) is 52.4 Å². The van der Waals surface area contributed by atoms with Crippen molar-refractivity contribution in [2.45, 2.75) is 13.1 Å². The van der Waals surface area contributed by atoms with Crippen LogP contribution in [0.3, 0.4) is 0 Å². The van der Waals surface area contributed by atoms with E-state index < -0.39 is 0 Å². The van der Waals surface area contributed by atoms with Crippen molar-refractivity contribution < 1.29 is 21.9 Å². The van der Waals surface area contributed by atoms with Crippen LogP contribution in [0.1, 0.15) is 11.3 Å². The number of hydrogen-bond acceptors (Lipinski definition) is 7. The molecule has 0 radical (unpaired) electrons. The Bertz CT molecular complexity index is 1060. The van der Waals surface area contributed by atoms with Crippen molar-refractivity contribution in [3.05, 3.63) is 84.2 Å². The van der Waals surface area contributed by atoms with E-state index in [0.717, 1.165) is 16.9 Å². The number of benzene rings is 2. The number of nitrogens with zero attached hydrogens (tertiary/aromatic N) is 5. The van der Waals surface area contributed by atoms with Crippen molar-refractivity contribution >= 4 is 0 Å². The number of aromatic nitrogens is 5. The topological polar surface area (TPSA) is 87.0 Å². The van der Waals surface area contributed by atoms with Crippen molar-refractivity contribution in [1.29, 1.82) is 0 Å². The van der Waals surface area contributed by atoms with E-state index in [4.69, 9.17) is 9.47 Å². The van der Waals surface area contributed by atoms with Crippen LogP contribution >= 0.6 is 0 Å². The summed E-state index contributed by atoms with van der Waals surface area (Å²) in [6, 6.07) is 21.4. The number of tetrazole rings is 1. The molecule has 0 bridgehead atoms. The van der Waals surface area contributed by atoms with Gasteiger partial charge in [0.05, 0.1) is 18.5 Å². The van der Waals surface area contributed by atoms with Crippen LogP contribution in [-0.2, 0) is 13.1 Å². The van der Waals surface area contributed by atoms with Gasteiger partial charge < -0.3 is 27.2 Å². The predicted octanol–water partition coefficient (Wildman–Crippen LogP) is 0.152. The molecule has 2 aromatic heterocycles. The summed E-state index contributed by atoms with van der Waals surface area (Å²) in [4.78, 5) is 4.30. The average molecular weight is 424 g/mol. The lowest BCUT2D eigenvalue weighted by Crippen LogP contribution is -3.00. The summed E-state index contributed by atoms with van der Waals surface area (Å²) >= 11 is 0. The minimum absolute atomic E-state index is 0. The predicted molar refractivity (Wildman–Crippen MR) is 107 cm³/mol. The maximum absolute atomic E-state index is 5.93. The molecule has 4 aromatic rings. The SMILES string of the molecule is COc1cc(CNCc2ccccn2)ccc1Oc1nnnn1-c1ccccc1.[Cl-]. The Labute approximate surface area is 180 Å². The Kier molecular flexibility index (Phi) is 7.31. The lowest BCUT2D eigenvalue weighted by Gasteiger charge is -2.12. The number of halogens is 1. The summed E-state index contributed by atoms with van der Waals surface area (Å²) < 4.78 is 13.0. The summed E-state index contributed by atoms with van der Waals surface area (Å²) in [6.45, 7) is 1.36. The first-order valence-corrected chi connectivity index (χ1v) is 9.12. The van der Waals surface area contributed by atoms with Gasteiger partial charge in [-0.25, -0.2) is 0 Å². The standard InChI is InChI=1S/C21H20N6O2.ClH/c1-28-20-13-16(14-22-15-17-7-5-6-12-23-17)10-11-19(20)29-21-24-25-26-27(21)18-8-3-2-4-9-18;/h2-13,22H,14-15H2,1H3;1H/p-1. The highest BCUT2D eigenvalue weighted by molar-refractivity contribution is 5.44. The molecule has 0 saturated carbocycles. The van der Waals surface area contributed by atoms with Crippen molar-refractivity contribution in [3.8, 4) is 23.2 Å². The van der Waals surface area contributed by atoms with E-state index in [1.54, 1.807) is 13.3 Å². The maximum Gasteiger partial charge on any atom is 0.346 e. The number of nitrogens with one attached hydrogen (secondary N) is 1. The van der Waals surface area contributed by atoms with E-state index in [2.05, 4.69) is 25.8 Å². The van der Waals surface area contributed by atoms with Gasteiger partial charge in [0, 0.05) is 19.3 Å². The van der Waals surface area contributed by atoms with Crippen LogP contribution in [0.5, 0.6) is 17.5 Å². The zero-order valence-corrected chi connectivity index (χ0v) is 17.0. The van der Waals surface area contributed by atoms with E-state index in [1.807, 2.05) is 66.7 Å². The second-order valence-corrected chi connectivity index (χ2v) is 6.22. The van der Waals surface area contributed by atoms with Crippen LogP contribution in [0, 0.1) is 0 Å². The third kappa shape index (κ3) is 5.11. The molecule has 0 unspecified atom stereocenters. The van der Waals surface area contributed by atoms with Gasteiger partial charge in [-0.2, -0.15) is 4.68 Å². The number of para-hydroxylation sites is 1. The van der Waals surface area contributed by atoms with E-state index in [1.165, 1.54) is 4.68 Å². The second kappa shape index (κ2) is 10.3. The number of ether oxygens (including phenoxy) is 2. The van der Waals surface area contributed by atoms with Crippen molar-refractivity contribution in [1.82, 2.24) is 30.5 Å². The van der Waals surface area contributed by atoms with Crippen LogP contribution in [0.4, 0.5) is 0 Å². The van der Waals surface area contributed by atoms with Crippen LogP contribution < -0.4 is 27.2 Å². The second-order valence-electron chi connectivity index (χ2n) is 6.22. The molecule has 0 spiro atoms. The largest absolute Gasteiger partial charge is 1.00 e. The highest BCUT2D eigenvalue weighted by Gasteiger charge is 2.14. The molecule has 30 heavy (non-hydrogen) atoms. The fourth-order valence-corrected chi connectivity index (χ4v) is 2.82. The van der Waals surface area contributed by atoms with Crippen LogP contribution in [0.2, 0.25) is 0 Å². The first-order chi connectivity index (χ1) is 14.3. The number of pyridine rings is 1. The molecule has 0 saturated heterocycles. The molecule has 0 amide bonds. The first kappa shape index (κ1) is 21.2. The third-order valence-corrected chi connectivity index (χ3v) is 4.23. The van der Waals surface area contributed by atoms with Gasteiger partial charge >= 0.3 is 6.01 Å². The van der Waals surface area contributed by atoms with E-state index in [9.17, 15) is 0 Å². The Morgan fingerprint density at radius 1 is 0.933 bits per heavy atom. The van der Waals surface area contributed by atoms with Crippen molar-refractivity contribution in [2.24, 2.45) is 0 Å². The minimum atomic E-state index is 0. The zero-order chi connectivity index (χ0) is 19.9. The monoisotopic (exact) mass is 423 g/mol. The molecular weight excluding hydrogens is 404 g/mol. The molecule has 1 N–H and O–H groups in total. The molecular formula is C21H20ClN6O2-. The van der Waals surface area contributed by atoms with E-state index in [-0.39, 0.29) is 18.4 Å². The Balaban J connectivity index is 0.00000256. The molecule has 0 aliphatic carbocycles. The van der Waals surface area contributed by atoms with Gasteiger partial charge in [0.15, 0.2) is 11.5 Å². The van der Waals surface area contributed by atoms with E-state index in [0.29, 0.717) is 24.6 Å². The van der Waals surface area contributed by atoms with Gasteiger partial charge in [0.2, 0.25) is 0 Å². The average Bonchev–Trinajstić information content (AvgIpc) is 3.24. The smallest absolute Gasteiger partial charge is 0.346 e.